The van der Waals surface area contributed by atoms with Crippen LogP contribution in [0.25, 0.3) is 0 Å². The normalized spacial score (nSPS) is 9.42. The third-order valence-corrected chi connectivity index (χ3v) is 2.61. The smallest absolute Gasteiger partial charge is 0.150 e. The van der Waals surface area contributed by atoms with Gasteiger partial charge in [0.25, 0.3) is 0 Å². The zero-order valence-corrected chi connectivity index (χ0v) is 10.3. The topological polar surface area (TPSA) is 82.8 Å². The van der Waals surface area contributed by atoms with Gasteiger partial charge in [0.15, 0.2) is 0 Å². The highest BCUT2D eigenvalue weighted by atomic mass is 16.5. The summed E-state index contributed by atoms with van der Waals surface area (Å²) in [5, 5.41) is 17.8. The largest absolute Gasteiger partial charge is 0.454 e. The Morgan fingerprint density at radius 1 is 1.00 bits per heavy atom. The van der Waals surface area contributed by atoms with Gasteiger partial charge >= 0.3 is 0 Å². The van der Waals surface area contributed by atoms with Gasteiger partial charge in [-0.1, -0.05) is 6.07 Å². The zero-order chi connectivity index (χ0) is 13.8. The van der Waals surface area contributed by atoms with Crippen LogP contribution in [0.2, 0.25) is 0 Å². The summed E-state index contributed by atoms with van der Waals surface area (Å²) in [5.74, 6) is 0.879. The fraction of sp³-hybridized carbons (Fsp3) is 0.0667. The van der Waals surface area contributed by atoms with E-state index in [4.69, 9.17) is 21.0 Å². The van der Waals surface area contributed by atoms with E-state index in [0.29, 0.717) is 28.3 Å². The Hall–Kier alpha value is -2.98. The molecule has 0 heterocycles. The zero-order valence-electron chi connectivity index (χ0n) is 10.3. The Kier molecular flexibility index (Phi) is 3.36. The van der Waals surface area contributed by atoms with Crippen LogP contribution in [0.1, 0.15) is 16.7 Å². The second kappa shape index (κ2) is 5.12. The quantitative estimate of drug-likeness (QED) is 0.829. The first-order valence-electron chi connectivity index (χ1n) is 5.62. The standard InChI is InChI=1S/C15H11N3O/c1-10-2-4-14(12(6-10)9-17)19-15-5-3-11(8-16)7-13(15)18/h2-7H,18H2,1H3. The van der Waals surface area contributed by atoms with Crippen LogP contribution in [0.15, 0.2) is 36.4 Å². The molecule has 0 amide bonds. The predicted octanol–water partition coefficient (Wildman–Crippen LogP) is 3.11. The first-order chi connectivity index (χ1) is 9.13. The van der Waals surface area contributed by atoms with Crippen molar-refractivity contribution in [2.75, 3.05) is 5.73 Å². The summed E-state index contributed by atoms with van der Waals surface area (Å²) in [5.41, 5.74) is 8.07. The molecule has 2 N–H and O–H groups in total. The van der Waals surface area contributed by atoms with Crippen LogP contribution in [-0.4, -0.2) is 0 Å². The lowest BCUT2D eigenvalue weighted by molar-refractivity contribution is 0.483. The molecule has 0 saturated carbocycles. The van der Waals surface area contributed by atoms with Crippen LogP contribution in [0.4, 0.5) is 5.69 Å². The highest BCUT2D eigenvalue weighted by Gasteiger charge is 2.08. The Bertz CT molecular complexity index is 708. The number of aryl methyl sites for hydroxylation is 1. The number of nitrogens with two attached hydrogens (primary N) is 1. The van der Waals surface area contributed by atoms with Gasteiger partial charge in [-0.2, -0.15) is 10.5 Å². The minimum Gasteiger partial charge on any atom is -0.454 e. The second-order valence-corrected chi connectivity index (χ2v) is 4.08. The van der Waals surface area contributed by atoms with E-state index >= 15 is 0 Å². The molecule has 0 bridgehead atoms. The Balaban J connectivity index is 2.37. The maximum atomic E-state index is 9.07. The van der Waals surface area contributed by atoms with Crippen molar-refractivity contribution in [3.05, 3.63) is 53.1 Å². The molecule has 0 atom stereocenters. The van der Waals surface area contributed by atoms with Gasteiger partial charge in [-0.25, -0.2) is 0 Å². The molecule has 0 fully saturated rings. The van der Waals surface area contributed by atoms with Crippen molar-refractivity contribution in [1.82, 2.24) is 0 Å². The lowest BCUT2D eigenvalue weighted by atomic mass is 10.1. The highest BCUT2D eigenvalue weighted by molar-refractivity contribution is 5.59. The molecule has 2 aromatic carbocycles. The highest BCUT2D eigenvalue weighted by Crippen LogP contribution is 2.30. The third-order valence-electron chi connectivity index (χ3n) is 2.61. The van der Waals surface area contributed by atoms with Crippen LogP contribution < -0.4 is 10.5 Å². The molecule has 19 heavy (non-hydrogen) atoms. The molecule has 92 valence electrons. The molecule has 0 spiro atoms. The maximum absolute atomic E-state index is 9.07. The summed E-state index contributed by atoms with van der Waals surface area (Å²) in [6.45, 7) is 1.90. The summed E-state index contributed by atoms with van der Waals surface area (Å²) >= 11 is 0. The third kappa shape index (κ3) is 2.65. The first-order valence-corrected chi connectivity index (χ1v) is 5.62. The predicted molar refractivity (Wildman–Crippen MR) is 71.5 cm³/mol. The number of benzene rings is 2. The summed E-state index contributed by atoms with van der Waals surface area (Å²) in [7, 11) is 0. The molecule has 4 heteroatoms. The molecular formula is C15H11N3O. The monoisotopic (exact) mass is 249 g/mol. The van der Waals surface area contributed by atoms with E-state index in [0.717, 1.165) is 5.56 Å². The van der Waals surface area contributed by atoms with Crippen molar-refractivity contribution in [2.45, 2.75) is 6.92 Å². The van der Waals surface area contributed by atoms with Gasteiger partial charge in [0.2, 0.25) is 0 Å². The average molecular weight is 249 g/mol. The van der Waals surface area contributed by atoms with Gasteiger partial charge in [-0.3, -0.25) is 0 Å². The van der Waals surface area contributed by atoms with Crippen molar-refractivity contribution >= 4 is 5.69 Å². The number of rotatable bonds is 2. The molecular weight excluding hydrogens is 238 g/mol. The Labute approximate surface area is 111 Å². The fourth-order valence-electron chi connectivity index (χ4n) is 1.65. The van der Waals surface area contributed by atoms with E-state index in [1.54, 1.807) is 24.3 Å². The van der Waals surface area contributed by atoms with E-state index in [1.807, 2.05) is 19.1 Å². The SMILES string of the molecule is Cc1ccc(Oc2ccc(C#N)cc2N)c(C#N)c1. The fourth-order valence-corrected chi connectivity index (χ4v) is 1.65. The van der Waals surface area contributed by atoms with Crippen LogP contribution in [0.5, 0.6) is 11.5 Å². The molecule has 0 aliphatic carbocycles. The summed E-state index contributed by atoms with van der Waals surface area (Å²) < 4.78 is 5.63. The van der Waals surface area contributed by atoms with Gasteiger partial charge in [0.1, 0.15) is 17.6 Å². The number of hydrogen-bond acceptors (Lipinski definition) is 4. The average Bonchev–Trinajstić information content (AvgIpc) is 2.42. The molecule has 4 nitrogen and oxygen atoms in total. The van der Waals surface area contributed by atoms with Crippen LogP contribution in [-0.2, 0) is 0 Å². The van der Waals surface area contributed by atoms with Crippen LogP contribution in [0.3, 0.4) is 0 Å². The molecule has 0 saturated heterocycles. The Morgan fingerprint density at radius 3 is 2.37 bits per heavy atom. The molecule has 0 aromatic heterocycles. The maximum Gasteiger partial charge on any atom is 0.150 e. The lowest BCUT2D eigenvalue weighted by Gasteiger charge is -2.10. The van der Waals surface area contributed by atoms with Crippen molar-refractivity contribution < 1.29 is 4.74 Å². The van der Waals surface area contributed by atoms with Gasteiger partial charge < -0.3 is 10.5 Å². The molecule has 2 rings (SSSR count). The van der Waals surface area contributed by atoms with Crippen molar-refractivity contribution in [1.29, 1.82) is 10.5 Å². The Morgan fingerprint density at radius 2 is 1.74 bits per heavy atom. The molecule has 0 aliphatic rings. The number of anilines is 1. The lowest BCUT2D eigenvalue weighted by Crippen LogP contribution is -1.94. The number of ether oxygens (including phenoxy) is 1. The first kappa shape index (κ1) is 12.5. The minimum absolute atomic E-state index is 0.364. The minimum atomic E-state index is 0.364. The van der Waals surface area contributed by atoms with E-state index in [2.05, 4.69) is 6.07 Å². The molecule has 0 unspecified atom stereocenters. The second-order valence-electron chi connectivity index (χ2n) is 4.08. The van der Waals surface area contributed by atoms with Crippen molar-refractivity contribution in [2.24, 2.45) is 0 Å². The van der Waals surface area contributed by atoms with E-state index in [-0.39, 0.29) is 0 Å². The van der Waals surface area contributed by atoms with Crippen LogP contribution in [0, 0.1) is 29.6 Å². The van der Waals surface area contributed by atoms with E-state index in [9.17, 15) is 0 Å². The number of nitrogen functional groups attached to an aromatic ring is 1. The van der Waals surface area contributed by atoms with Gasteiger partial charge in [-0.15, -0.1) is 0 Å². The number of nitrogens with zero attached hydrogens (tertiary/aromatic N) is 2. The number of nitriles is 2. The van der Waals surface area contributed by atoms with E-state index in [1.165, 1.54) is 6.07 Å². The van der Waals surface area contributed by atoms with Crippen molar-refractivity contribution in [3.63, 3.8) is 0 Å². The molecule has 0 aliphatic heterocycles. The summed E-state index contributed by atoms with van der Waals surface area (Å²) in [6.07, 6.45) is 0. The van der Waals surface area contributed by atoms with Gasteiger partial charge in [0.05, 0.1) is 22.9 Å². The van der Waals surface area contributed by atoms with Gasteiger partial charge in [0, 0.05) is 0 Å². The van der Waals surface area contributed by atoms with E-state index < -0.39 is 0 Å². The molecule has 0 radical (unpaired) electrons. The molecule has 2 aromatic rings. The van der Waals surface area contributed by atoms with Gasteiger partial charge in [-0.05, 0) is 42.8 Å². The summed E-state index contributed by atoms with van der Waals surface area (Å²) in [6, 6.07) is 14.2. The number of hydrogen-bond donors (Lipinski definition) is 1. The van der Waals surface area contributed by atoms with Crippen LogP contribution >= 0.6 is 0 Å². The summed E-state index contributed by atoms with van der Waals surface area (Å²) in [4.78, 5) is 0. The van der Waals surface area contributed by atoms with Crippen molar-refractivity contribution in [3.8, 4) is 23.6 Å².